The van der Waals surface area contributed by atoms with Gasteiger partial charge in [0.15, 0.2) is 0 Å². The van der Waals surface area contributed by atoms with Crippen LogP contribution in [0.4, 0.5) is 0 Å². The van der Waals surface area contributed by atoms with Gasteiger partial charge in [0, 0.05) is 30.2 Å². The van der Waals surface area contributed by atoms with Crippen LogP contribution >= 0.6 is 12.6 Å². The zero-order valence-electron chi connectivity index (χ0n) is 10.8. The molecular weight excluding hydrogens is 246 g/mol. The second-order valence-corrected chi connectivity index (χ2v) is 4.64. The number of carbonyl (C=O) groups excluding carboxylic acids is 1. The Bertz CT molecular complexity index is 351. The van der Waals surface area contributed by atoms with E-state index in [2.05, 4.69) is 24.9 Å². The maximum atomic E-state index is 11.7. The molecular formula is C14H21NO2S. The molecule has 3 nitrogen and oxygen atoms in total. The fourth-order valence-corrected chi connectivity index (χ4v) is 1.59. The third-order valence-electron chi connectivity index (χ3n) is 2.52. The summed E-state index contributed by atoms with van der Waals surface area (Å²) in [6.07, 6.45) is 3.10. The van der Waals surface area contributed by atoms with Crippen molar-refractivity contribution in [3.63, 3.8) is 0 Å². The van der Waals surface area contributed by atoms with Gasteiger partial charge in [-0.2, -0.15) is 0 Å². The Morgan fingerprint density at radius 1 is 1.22 bits per heavy atom. The first-order valence-electron chi connectivity index (χ1n) is 6.39. The van der Waals surface area contributed by atoms with Crippen LogP contribution in [0.15, 0.2) is 29.2 Å². The first kappa shape index (κ1) is 15.1. The Hall–Kier alpha value is -1.00. The molecule has 1 N–H and O–H groups in total. The van der Waals surface area contributed by atoms with Crippen LogP contribution in [0.1, 0.15) is 36.5 Å². The number of rotatable bonds is 8. The molecule has 1 aromatic rings. The van der Waals surface area contributed by atoms with Crippen molar-refractivity contribution in [2.45, 2.75) is 31.1 Å². The summed E-state index contributed by atoms with van der Waals surface area (Å²) in [5.74, 6) is -0.0445. The molecule has 0 saturated heterocycles. The largest absolute Gasteiger partial charge is 0.381 e. The van der Waals surface area contributed by atoms with E-state index in [1.54, 1.807) is 12.1 Å². The van der Waals surface area contributed by atoms with Crippen molar-refractivity contribution in [3.05, 3.63) is 29.8 Å². The highest BCUT2D eigenvalue weighted by atomic mass is 32.1. The Morgan fingerprint density at radius 3 is 2.56 bits per heavy atom. The average Bonchev–Trinajstić information content (AvgIpc) is 2.38. The molecule has 0 aliphatic carbocycles. The number of unbranched alkanes of at least 4 members (excludes halogenated alkanes) is 1. The van der Waals surface area contributed by atoms with Gasteiger partial charge in [0.25, 0.3) is 5.91 Å². The van der Waals surface area contributed by atoms with Crippen molar-refractivity contribution in [1.29, 1.82) is 0 Å². The van der Waals surface area contributed by atoms with Crippen molar-refractivity contribution in [2.75, 3.05) is 19.8 Å². The number of hydrogen-bond acceptors (Lipinski definition) is 3. The van der Waals surface area contributed by atoms with Gasteiger partial charge in [-0.15, -0.1) is 12.6 Å². The Labute approximate surface area is 114 Å². The molecule has 0 atom stereocenters. The van der Waals surface area contributed by atoms with E-state index in [0.717, 1.165) is 30.8 Å². The Balaban J connectivity index is 2.12. The molecule has 1 rings (SSSR count). The van der Waals surface area contributed by atoms with E-state index in [4.69, 9.17) is 4.74 Å². The van der Waals surface area contributed by atoms with Crippen LogP contribution in [-0.2, 0) is 4.74 Å². The van der Waals surface area contributed by atoms with Crippen LogP contribution in [0.3, 0.4) is 0 Å². The number of hydrogen-bond donors (Lipinski definition) is 2. The Morgan fingerprint density at radius 2 is 1.89 bits per heavy atom. The zero-order valence-corrected chi connectivity index (χ0v) is 11.7. The topological polar surface area (TPSA) is 38.3 Å². The van der Waals surface area contributed by atoms with Crippen LogP contribution in [0.2, 0.25) is 0 Å². The first-order chi connectivity index (χ1) is 8.74. The van der Waals surface area contributed by atoms with Gasteiger partial charge in [-0.05, 0) is 37.1 Å². The second-order valence-electron chi connectivity index (χ2n) is 4.12. The maximum Gasteiger partial charge on any atom is 0.251 e. The van der Waals surface area contributed by atoms with E-state index in [-0.39, 0.29) is 5.91 Å². The van der Waals surface area contributed by atoms with Crippen molar-refractivity contribution in [3.8, 4) is 0 Å². The molecule has 1 aromatic carbocycles. The molecule has 0 heterocycles. The van der Waals surface area contributed by atoms with Gasteiger partial charge in [0.05, 0.1) is 0 Å². The standard InChI is InChI=1S/C14H21NO2S/c1-2-3-10-17-11-4-9-15-14(16)12-5-7-13(18)8-6-12/h5-8,18H,2-4,9-11H2,1H3,(H,15,16). The minimum absolute atomic E-state index is 0.0445. The van der Waals surface area contributed by atoms with Gasteiger partial charge in [0.2, 0.25) is 0 Å². The van der Waals surface area contributed by atoms with Crippen LogP contribution in [-0.4, -0.2) is 25.7 Å². The van der Waals surface area contributed by atoms with Crippen LogP contribution < -0.4 is 5.32 Å². The van der Waals surface area contributed by atoms with Gasteiger partial charge in [-0.1, -0.05) is 13.3 Å². The van der Waals surface area contributed by atoms with E-state index in [1.807, 2.05) is 12.1 Å². The summed E-state index contributed by atoms with van der Waals surface area (Å²) in [5.41, 5.74) is 0.666. The maximum absolute atomic E-state index is 11.7. The van der Waals surface area contributed by atoms with Crippen molar-refractivity contribution >= 4 is 18.5 Å². The lowest BCUT2D eigenvalue weighted by Gasteiger charge is -2.06. The highest BCUT2D eigenvalue weighted by molar-refractivity contribution is 7.80. The Kier molecular flexibility index (Phi) is 7.53. The van der Waals surface area contributed by atoms with Crippen LogP contribution in [0.5, 0.6) is 0 Å². The number of amides is 1. The normalized spacial score (nSPS) is 10.3. The highest BCUT2D eigenvalue weighted by Gasteiger charge is 2.03. The number of thiol groups is 1. The summed E-state index contributed by atoms with van der Waals surface area (Å²) in [5, 5.41) is 2.87. The molecule has 0 saturated carbocycles. The van der Waals surface area contributed by atoms with E-state index in [1.165, 1.54) is 0 Å². The summed E-state index contributed by atoms with van der Waals surface area (Å²) in [7, 11) is 0. The third kappa shape index (κ3) is 6.07. The fourth-order valence-electron chi connectivity index (χ4n) is 1.44. The molecule has 0 bridgehead atoms. The molecule has 0 aromatic heterocycles. The highest BCUT2D eigenvalue weighted by Crippen LogP contribution is 2.07. The number of ether oxygens (including phenoxy) is 1. The van der Waals surface area contributed by atoms with E-state index in [0.29, 0.717) is 18.7 Å². The summed E-state index contributed by atoms with van der Waals surface area (Å²) < 4.78 is 5.42. The minimum atomic E-state index is -0.0445. The smallest absolute Gasteiger partial charge is 0.251 e. The summed E-state index contributed by atoms with van der Waals surface area (Å²) in [4.78, 5) is 12.6. The lowest BCUT2D eigenvalue weighted by molar-refractivity contribution is 0.0940. The van der Waals surface area contributed by atoms with Gasteiger partial charge in [0.1, 0.15) is 0 Å². The molecule has 18 heavy (non-hydrogen) atoms. The van der Waals surface area contributed by atoms with E-state index in [9.17, 15) is 4.79 Å². The lowest BCUT2D eigenvalue weighted by atomic mass is 10.2. The van der Waals surface area contributed by atoms with E-state index >= 15 is 0 Å². The summed E-state index contributed by atoms with van der Waals surface area (Å²) >= 11 is 4.18. The number of benzene rings is 1. The lowest BCUT2D eigenvalue weighted by Crippen LogP contribution is -2.25. The average molecular weight is 267 g/mol. The van der Waals surface area contributed by atoms with Gasteiger partial charge in [-0.25, -0.2) is 0 Å². The molecule has 0 fully saturated rings. The van der Waals surface area contributed by atoms with Crippen molar-refractivity contribution < 1.29 is 9.53 Å². The summed E-state index contributed by atoms with van der Waals surface area (Å²) in [6, 6.07) is 7.17. The minimum Gasteiger partial charge on any atom is -0.381 e. The van der Waals surface area contributed by atoms with Gasteiger partial charge >= 0.3 is 0 Å². The number of nitrogens with one attached hydrogen (secondary N) is 1. The van der Waals surface area contributed by atoms with Gasteiger partial charge < -0.3 is 10.1 Å². The van der Waals surface area contributed by atoms with E-state index < -0.39 is 0 Å². The molecule has 100 valence electrons. The predicted octanol–water partition coefficient (Wildman–Crippen LogP) is 2.91. The first-order valence-corrected chi connectivity index (χ1v) is 6.83. The number of carbonyl (C=O) groups is 1. The molecule has 0 aliphatic heterocycles. The third-order valence-corrected chi connectivity index (χ3v) is 2.82. The molecule has 0 spiro atoms. The second kappa shape index (κ2) is 9.00. The van der Waals surface area contributed by atoms with Crippen molar-refractivity contribution in [1.82, 2.24) is 5.32 Å². The molecule has 0 aliphatic rings. The predicted molar refractivity (Wildman–Crippen MR) is 76.4 cm³/mol. The zero-order chi connectivity index (χ0) is 13.2. The van der Waals surface area contributed by atoms with Crippen molar-refractivity contribution in [2.24, 2.45) is 0 Å². The van der Waals surface area contributed by atoms with Crippen LogP contribution in [0, 0.1) is 0 Å². The summed E-state index contributed by atoms with van der Waals surface area (Å²) in [6.45, 7) is 4.30. The van der Waals surface area contributed by atoms with Gasteiger partial charge in [-0.3, -0.25) is 4.79 Å². The molecule has 1 amide bonds. The molecule has 0 unspecified atom stereocenters. The molecule has 0 radical (unpaired) electrons. The fraction of sp³-hybridized carbons (Fsp3) is 0.500. The van der Waals surface area contributed by atoms with Crippen LogP contribution in [0.25, 0.3) is 0 Å². The molecule has 4 heteroatoms. The quantitative estimate of drug-likeness (QED) is 0.561. The SMILES string of the molecule is CCCCOCCCNC(=O)c1ccc(S)cc1. The monoisotopic (exact) mass is 267 g/mol.